The van der Waals surface area contributed by atoms with Crippen LogP contribution in [-0.4, -0.2) is 18.0 Å². The normalized spacial score (nSPS) is 11.0. The van der Waals surface area contributed by atoms with Crippen LogP contribution in [0.5, 0.6) is 5.75 Å². The third kappa shape index (κ3) is 3.94. The molecule has 0 fully saturated rings. The van der Waals surface area contributed by atoms with Crippen molar-refractivity contribution in [2.75, 3.05) is 12.4 Å². The van der Waals surface area contributed by atoms with Crippen molar-refractivity contribution in [2.24, 2.45) is 0 Å². The Bertz CT molecular complexity index is 1150. The maximum atomic E-state index is 12.2. The van der Waals surface area contributed by atoms with Crippen LogP contribution in [0.2, 0.25) is 0 Å². The second-order valence-electron chi connectivity index (χ2n) is 6.17. The van der Waals surface area contributed by atoms with Crippen LogP contribution in [0.3, 0.4) is 0 Å². The summed E-state index contributed by atoms with van der Waals surface area (Å²) in [6, 6.07) is 22.5. The number of oxazole rings is 1. The fourth-order valence-corrected chi connectivity index (χ4v) is 2.80. The van der Waals surface area contributed by atoms with Crippen LogP contribution >= 0.6 is 0 Å². The van der Waals surface area contributed by atoms with E-state index in [1.54, 1.807) is 31.4 Å². The summed E-state index contributed by atoms with van der Waals surface area (Å²) in [6.45, 7) is 0. The molecule has 5 nitrogen and oxygen atoms in total. The zero-order chi connectivity index (χ0) is 19.3. The van der Waals surface area contributed by atoms with E-state index in [-0.39, 0.29) is 5.91 Å². The Morgan fingerprint density at radius 2 is 1.89 bits per heavy atom. The van der Waals surface area contributed by atoms with E-state index in [9.17, 15) is 4.79 Å². The number of amides is 1. The van der Waals surface area contributed by atoms with Crippen molar-refractivity contribution in [3.63, 3.8) is 0 Å². The summed E-state index contributed by atoms with van der Waals surface area (Å²) >= 11 is 0. The molecule has 0 aliphatic rings. The average Bonchev–Trinajstić information content (AvgIpc) is 3.16. The Hall–Kier alpha value is -3.86. The molecule has 0 aliphatic carbocycles. The summed E-state index contributed by atoms with van der Waals surface area (Å²) in [6.07, 6.45) is 3.27. The Kier molecular flexibility index (Phi) is 4.89. The molecule has 0 bridgehead atoms. The van der Waals surface area contributed by atoms with Crippen molar-refractivity contribution in [1.82, 2.24) is 4.98 Å². The first kappa shape index (κ1) is 17.5. The summed E-state index contributed by atoms with van der Waals surface area (Å²) in [5, 5.41) is 2.84. The standard InChI is InChI=1S/C23H18N2O3/c1-27-19-9-5-8-17(14-19)23-25-20-15-18(11-12-21(20)28-23)24-22(26)13-10-16-6-3-2-4-7-16/h2-15H,1H3,(H,24,26)/b13-10-. The maximum Gasteiger partial charge on any atom is 0.248 e. The molecule has 5 heteroatoms. The number of aromatic nitrogens is 1. The zero-order valence-electron chi connectivity index (χ0n) is 15.3. The molecule has 0 atom stereocenters. The van der Waals surface area contributed by atoms with E-state index < -0.39 is 0 Å². The van der Waals surface area contributed by atoms with Crippen LogP contribution < -0.4 is 10.1 Å². The molecule has 0 saturated carbocycles. The summed E-state index contributed by atoms with van der Waals surface area (Å²) in [5.41, 5.74) is 3.76. The molecule has 1 amide bonds. The van der Waals surface area contributed by atoms with E-state index in [1.807, 2.05) is 54.6 Å². The molecule has 0 spiro atoms. The van der Waals surface area contributed by atoms with Gasteiger partial charge in [0.25, 0.3) is 0 Å². The number of carbonyl (C=O) groups is 1. The third-order valence-electron chi connectivity index (χ3n) is 4.20. The minimum Gasteiger partial charge on any atom is -0.497 e. The fraction of sp³-hybridized carbons (Fsp3) is 0.0435. The van der Waals surface area contributed by atoms with E-state index in [0.717, 1.165) is 16.9 Å². The quantitative estimate of drug-likeness (QED) is 0.493. The molecule has 3 aromatic carbocycles. The van der Waals surface area contributed by atoms with Gasteiger partial charge in [-0.05, 0) is 48.0 Å². The highest BCUT2D eigenvalue weighted by Crippen LogP contribution is 2.28. The topological polar surface area (TPSA) is 64.4 Å². The maximum absolute atomic E-state index is 12.2. The smallest absolute Gasteiger partial charge is 0.248 e. The first-order valence-corrected chi connectivity index (χ1v) is 8.80. The average molecular weight is 370 g/mol. The molecule has 0 saturated heterocycles. The lowest BCUT2D eigenvalue weighted by atomic mass is 10.2. The van der Waals surface area contributed by atoms with Crippen LogP contribution in [0.4, 0.5) is 5.69 Å². The third-order valence-corrected chi connectivity index (χ3v) is 4.20. The summed E-state index contributed by atoms with van der Waals surface area (Å²) in [5.74, 6) is 1.03. The molecule has 0 radical (unpaired) electrons. The van der Waals surface area contributed by atoms with Crippen LogP contribution in [0, 0.1) is 0 Å². The lowest BCUT2D eigenvalue weighted by molar-refractivity contribution is -0.111. The molecule has 1 aromatic heterocycles. The number of benzene rings is 3. The highest BCUT2D eigenvalue weighted by molar-refractivity contribution is 6.02. The van der Waals surface area contributed by atoms with E-state index >= 15 is 0 Å². The van der Waals surface area contributed by atoms with E-state index in [4.69, 9.17) is 9.15 Å². The molecule has 28 heavy (non-hydrogen) atoms. The van der Waals surface area contributed by atoms with Crippen molar-refractivity contribution < 1.29 is 13.9 Å². The molecular formula is C23H18N2O3. The summed E-state index contributed by atoms with van der Waals surface area (Å²) < 4.78 is 11.1. The number of carbonyl (C=O) groups excluding carboxylic acids is 1. The van der Waals surface area contributed by atoms with Gasteiger partial charge in [-0.25, -0.2) is 4.98 Å². The van der Waals surface area contributed by atoms with Crippen LogP contribution in [-0.2, 0) is 4.79 Å². The van der Waals surface area contributed by atoms with Gasteiger partial charge >= 0.3 is 0 Å². The Morgan fingerprint density at radius 1 is 1.04 bits per heavy atom. The van der Waals surface area contributed by atoms with Crippen LogP contribution in [0.1, 0.15) is 5.56 Å². The molecule has 4 aromatic rings. The van der Waals surface area contributed by atoms with Gasteiger partial charge in [0.1, 0.15) is 11.3 Å². The number of fused-ring (bicyclic) bond motifs is 1. The fourth-order valence-electron chi connectivity index (χ4n) is 2.80. The van der Waals surface area contributed by atoms with Gasteiger partial charge in [-0.15, -0.1) is 0 Å². The second kappa shape index (κ2) is 7.80. The van der Waals surface area contributed by atoms with E-state index in [0.29, 0.717) is 22.7 Å². The van der Waals surface area contributed by atoms with Crippen molar-refractivity contribution in [1.29, 1.82) is 0 Å². The number of ether oxygens (including phenoxy) is 1. The summed E-state index contributed by atoms with van der Waals surface area (Å²) in [7, 11) is 1.62. The highest BCUT2D eigenvalue weighted by atomic mass is 16.5. The predicted octanol–water partition coefficient (Wildman–Crippen LogP) is 5.16. The van der Waals surface area contributed by atoms with Gasteiger partial charge in [0.2, 0.25) is 11.8 Å². The number of hydrogen-bond acceptors (Lipinski definition) is 4. The molecular weight excluding hydrogens is 352 g/mol. The first-order chi connectivity index (χ1) is 13.7. The zero-order valence-corrected chi connectivity index (χ0v) is 15.3. The number of hydrogen-bond donors (Lipinski definition) is 1. The van der Waals surface area contributed by atoms with Crippen molar-refractivity contribution in [3.8, 4) is 17.2 Å². The minimum absolute atomic E-state index is 0.209. The Labute approximate surface area is 162 Å². The number of nitrogens with one attached hydrogen (secondary N) is 1. The molecule has 1 heterocycles. The first-order valence-electron chi connectivity index (χ1n) is 8.80. The van der Waals surface area contributed by atoms with Gasteiger partial charge in [0, 0.05) is 17.3 Å². The SMILES string of the molecule is COc1cccc(-c2nc3cc(NC(=O)/C=C\c4ccccc4)ccc3o2)c1. The Morgan fingerprint density at radius 3 is 2.71 bits per heavy atom. The number of anilines is 1. The molecule has 4 rings (SSSR count). The van der Waals surface area contributed by atoms with Crippen molar-refractivity contribution >= 4 is 28.8 Å². The van der Waals surface area contributed by atoms with Crippen molar-refractivity contribution in [2.45, 2.75) is 0 Å². The van der Waals surface area contributed by atoms with Gasteiger partial charge < -0.3 is 14.5 Å². The van der Waals surface area contributed by atoms with Gasteiger partial charge in [-0.3, -0.25) is 4.79 Å². The molecule has 138 valence electrons. The number of methoxy groups -OCH3 is 1. The van der Waals surface area contributed by atoms with Gasteiger partial charge in [0.05, 0.1) is 7.11 Å². The summed E-state index contributed by atoms with van der Waals surface area (Å²) in [4.78, 5) is 16.7. The van der Waals surface area contributed by atoms with E-state index in [1.165, 1.54) is 6.08 Å². The number of nitrogens with zero attached hydrogens (tertiary/aromatic N) is 1. The largest absolute Gasteiger partial charge is 0.497 e. The molecule has 0 unspecified atom stereocenters. The minimum atomic E-state index is -0.209. The monoisotopic (exact) mass is 370 g/mol. The van der Waals surface area contributed by atoms with Gasteiger partial charge in [-0.2, -0.15) is 0 Å². The lowest BCUT2D eigenvalue weighted by Gasteiger charge is -2.01. The van der Waals surface area contributed by atoms with E-state index in [2.05, 4.69) is 10.3 Å². The van der Waals surface area contributed by atoms with Crippen LogP contribution in [0.15, 0.2) is 83.3 Å². The van der Waals surface area contributed by atoms with Crippen molar-refractivity contribution in [3.05, 3.63) is 84.4 Å². The molecule has 1 N–H and O–H groups in total. The Balaban J connectivity index is 1.53. The van der Waals surface area contributed by atoms with Crippen LogP contribution in [0.25, 0.3) is 28.6 Å². The molecule has 0 aliphatic heterocycles. The predicted molar refractivity (Wildman–Crippen MR) is 110 cm³/mol. The second-order valence-corrected chi connectivity index (χ2v) is 6.17. The van der Waals surface area contributed by atoms with Gasteiger partial charge in [-0.1, -0.05) is 36.4 Å². The highest BCUT2D eigenvalue weighted by Gasteiger charge is 2.10. The lowest BCUT2D eigenvalue weighted by Crippen LogP contribution is -2.07. The number of rotatable bonds is 5. The van der Waals surface area contributed by atoms with Gasteiger partial charge in [0.15, 0.2) is 5.58 Å².